The first-order chi connectivity index (χ1) is 13.4. The van der Waals surface area contributed by atoms with Crippen LogP contribution in [0.3, 0.4) is 0 Å². The Bertz CT molecular complexity index is 1050. The molecule has 3 aromatic rings. The average Bonchev–Trinajstić information content (AvgIpc) is 3.02. The molecule has 1 heterocycles. The van der Waals surface area contributed by atoms with Crippen LogP contribution >= 0.6 is 11.6 Å². The lowest BCUT2D eigenvalue weighted by Crippen LogP contribution is -2.46. The minimum atomic E-state index is -1.15. The molecule has 7 nitrogen and oxygen atoms in total. The zero-order valence-corrected chi connectivity index (χ0v) is 15.9. The van der Waals surface area contributed by atoms with Crippen LogP contribution in [0.5, 0.6) is 0 Å². The summed E-state index contributed by atoms with van der Waals surface area (Å²) in [7, 11) is 0. The van der Waals surface area contributed by atoms with Crippen LogP contribution in [-0.2, 0) is 9.53 Å². The van der Waals surface area contributed by atoms with Crippen LogP contribution in [-0.4, -0.2) is 23.9 Å². The second kappa shape index (κ2) is 8.14. The number of amides is 2. The highest BCUT2D eigenvalue weighted by atomic mass is 35.5. The van der Waals surface area contributed by atoms with Gasteiger partial charge in [-0.15, -0.1) is 0 Å². The van der Waals surface area contributed by atoms with E-state index in [2.05, 4.69) is 10.9 Å². The van der Waals surface area contributed by atoms with Gasteiger partial charge >= 0.3 is 5.97 Å². The summed E-state index contributed by atoms with van der Waals surface area (Å²) in [6, 6.07) is 13.3. The summed E-state index contributed by atoms with van der Waals surface area (Å²) in [5.41, 5.74) is 5.91. The number of furan rings is 1. The number of ether oxygens (including phenoxy) is 1. The van der Waals surface area contributed by atoms with Gasteiger partial charge in [-0.1, -0.05) is 29.8 Å². The largest absolute Gasteiger partial charge is 0.449 e. The van der Waals surface area contributed by atoms with Crippen molar-refractivity contribution in [2.24, 2.45) is 0 Å². The lowest BCUT2D eigenvalue weighted by Gasteiger charge is -2.13. The molecule has 2 aromatic carbocycles. The van der Waals surface area contributed by atoms with Gasteiger partial charge in [0.2, 0.25) is 5.76 Å². The molecule has 0 fully saturated rings. The van der Waals surface area contributed by atoms with Crippen LogP contribution in [0.4, 0.5) is 0 Å². The number of aryl methyl sites for hydroxylation is 1. The van der Waals surface area contributed by atoms with Gasteiger partial charge in [-0.05, 0) is 44.2 Å². The fraction of sp³-hybridized carbons (Fsp3) is 0.150. The van der Waals surface area contributed by atoms with Crippen molar-refractivity contribution in [1.82, 2.24) is 10.9 Å². The van der Waals surface area contributed by atoms with Gasteiger partial charge in [0.05, 0.1) is 0 Å². The minimum Gasteiger partial charge on any atom is -0.449 e. The van der Waals surface area contributed by atoms with Crippen molar-refractivity contribution in [2.75, 3.05) is 0 Å². The predicted octanol–water partition coefficient (Wildman–Crippen LogP) is 3.40. The number of carbonyl (C=O) groups excluding carboxylic acids is 3. The predicted molar refractivity (Wildman–Crippen MR) is 103 cm³/mol. The highest BCUT2D eigenvalue weighted by Crippen LogP contribution is 2.28. The van der Waals surface area contributed by atoms with Crippen molar-refractivity contribution in [3.63, 3.8) is 0 Å². The van der Waals surface area contributed by atoms with Crippen LogP contribution in [0.2, 0.25) is 5.02 Å². The number of esters is 1. The topological polar surface area (TPSA) is 97.6 Å². The molecule has 0 spiro atoms. The van der Waals surface area contributed by atoms with E-state index in [9.17, 15) is 14.4 Å². The van der Waals surface area contributed by atoms with Crippen molar-refractivity contribution in [2.45, 2.75) is 20.0 Å². The summed E-state index contributed by atoms with van der Waals surface area (Å²) in [4.78, 5) is 36.4. The zero-order valence-electron chi connectivity index (χ0n) is 15.1. The Morgan fingerprint density at radius 3 is 2.50 bits per heavy atom. The maximum absolute atomic E-state index is 12.4. The lowest BCUT2D eigenvalue weighted by atomic mass is 10.1. The molecule has 0 aliphatic rings. The highest BCUT2D eigenvalue weighted by Gasteiger charge is 2.24. The first kappa shape index (κ1) is 19.4. The van der Waals surface area contributed by atoms with E-state index in [0.717, 1.165) is 0 Å². The van der Waals surface area contributed by atoms with Crippen LogP contribution in [0, 0.1) is 6.92 Å². The molecule has 0 radical (unpaired) electrons. The molecule has 0 unspecified atom stereocenters. The Morgan fingerprint density at radius 1 is 1.07 bits per heavy atom. The maximum atomic E-state index is 12.4. The minimum absolute atomic E-state index is 0.00904. The third kappa shape index (κ3) is 4.15. The molecule has 0 aliphatic heterocycles. The van der Waals surface area contributed by atoms with E-state index in [1.54, 1.807) is 55.5 Å². The Hall–Kier alpha value is -3.32. The molecule has 0 aliphatic carbocycles. The third-order valence-electron chi connectivity index (χ3n) is 4.07. The summed E-state index contributed by atoms with van der Waals surface area (Å²) < 4.78 is 10.7. The molecule has 28 heavy (non-hydrogen) atoms. The van der Waals surface area contributed by atoms with Gasteiger partial charge in [-0.25, -0.2) is 4.79 Å². The third-order valence-corrected chi connectivity index (χ3v) is 4.31. The Kier molecular flexibility index (Phi) is 5.65. The molecular formula is C20H17ClN2O5. The van der Waals surface area contributed by atoms with E-state index < -0.39 is 23.9 Å². The number of halogens is 1. The number of hydrazine groups is 1. The molecule has 3 rings (SSSR count). The number of rotatable bonds is 4. The van der Waals surface area contributed by atoms with Gasteiger partial charge in [0.1, 0.15) is 5.58 Å². The van der Waals surface area contributed by atoms with Crippen molar-refractivity contribution in [3.8, 4) is 0 Å². The molecule has 1 atom stereocenters. The van der Waals surface area contributed by atoms with Gasteiger partial charge in [-0.3, -0.25) is 20.4 Å². The monoisotopic (exact) mass is 400 g/mol. The van der Waals surface area contributed by atoms with Crippen LogP contribution in [0.15, 0.2) is 52.9 Å². The number of benzene rings is 2. The summed E-state index contributed by atoms with van der Waals surface area (Å²) in [5.74, 6) is -1.97. The first-order valence-electron chi connectivity index (χ1n) is 8.41. The van der Waals surface area contributed by atoms with Crippen molar-refractivity contribution >= 4 is 40.4 Å². The Morgan fingerprint density at radius 2 is 1.79 bits per heavy atom. The zero-order chi connectivity index (χ0) is 20.3. The molecule has 2 amide bonds. The number of hydrogen-bond donors (Lipinski definition) is 2. The van der Waals surface area contributed by atoms with Crippen LogP contribution in [0.1, 0.15) is 33.4 Å². The summed E-state index contributed by atoms with van der Waals surface area (Å²) in [6.07, 6.45) is -1.15. The quantitative estimate of drug-likeness (QED) is 0.516. The van der Waals surface area contributed by atoms with E-state index in [1.165, 1.54) is 6.92 Å². The number of carbonyl (C=O) groups is 3. The fourth-order valence-electron chi connectivity index (χ4n) is 2.54. The second-order valence-electron chi connectivity index (χ2n) is 6.05. The molecule has 144 valence electrons. The Labute approximate surface area is 165 Å². The van der Waals surface area contributed by atoms with E-state index in [-0.39, 0.29) is 5.76 Å². The van der Waals surface area contributed by atoms with Gasteiger partial charge in [0, 0.05) is 21.5 Å². The van der Waals surface area contributed by atoms with Crippen LogP contribution in [0.25, 0.3) is 11.0 Å². The van der Waals surface area contributed by atoms with E-state index >= 15 is 0 Å². The standard InChI is InChI=1S/C20H17ClN2O5/c1-11-15-10-14(21)8-9-16(15)28-17(11)20(26)27-12(2)18(24)22-23-19(25)13-6-4-3-5-7-13/h3-10,12H,1-2H3,(H,22,24)(H,23,25)/t12-/m0/s1. The van der Waals surface area contributed by atoms with Gasteiger partial charge < -0.3 is 9.15 Å². The van der Waals surface area contributed by atoms with E-state index in [0.29, 0.717) is 27.1 Å². The summed E-state index contributed by atoms with van der Waals surface area (Å²) in [6.45, 7) is 3.08. The van der Waals surface area contributed by atoms with E-state index in [4.69, 9.17) is 20.8 Å². The molecule has 8 heteroatoms. The van der Waals surface area contributed by atoms with Crippen molar-refractivity contribution in [1.29, 1.82) is 0 Å². The summed E-state index contributed by atoms with van der Waals surface area (Å²) in [5, 5.41) is 1.20. The molecule has 1 aromatic heterocycles. The average molecular weight is 401 g/mol. The lowest BCUT2D eigenvalue weighted by molar-refractivity contribution is -0.129. The molecule has 0 bridgehead atoms. The second-order valence-corrected chi connectivity index (χ2v) is 6.49. The van der Waals surface area contributed by atoms with E-state index in [1.807, 2.05) is 0 Å². The first-order valence-corrected chi connectivity index (χ1v) is 8.79. The summed E-state index contributed by atoms with van der Waals surface area (Å²) >= 11 is 5.96. The van der Waals surface area contributed by atoms with Crippen molar-refractivity contribution in [3.05, 3.63) is 70.4 Å². The van der Waals surface area contributed by atoms with Crippen molar-refractivity contribution < 1.29 is 23.5 Å². The normalized spacial score (nSPS) is 11.7. The van der Waals surface area contributed by atoms with Gasteiger partial charge in [-0.2, -0.15) is 0 Å². The molecule has 0 saturated carbocycles. The number of fused-ring (bicyclic) bond motifs is 1. The number of hydrogen-bond acceptors (Lipinski definition) is 5. The molecule has 2 N–H and O–H groups in total. The number of nitrogens with one attached hydrogen (secondary N) is 2. The fourth-order valence-corrected chi connectivity index (χ4v) is 2.71. The van der Waals surface area contributed by atoms with Gasteiger partial charge in [0.25, 0.3) is 11.8 Å². The Balaban J connectivity index is 1.61. The highest BCUT2D eigenvalue weighted by molar-refractivity contribution is 6.31. The van der Waals surface area contributed by atoms with Crippen LogP contribution < -0.4 is 10.9 Å². The SMILES string of the molecule is Cc1c(C(=O)O[C@@H](C)C(=O)NNC(=O)c2ccccc2)oc2ccc(Cl)cc12. The smallest absolute Gasteiger partial charge is 0.375 e. The molecule has 0 saturated heterocycles. The molecular weight excluding hydrogens is 384 g/mol. The van der Waals surface area contributed by atoms with Gasteiger partial charge in [0.15, 0.2) is 6.10 Å². The maximum Gasteiger partial charge on any atom is 0.375 e.